The summed E-state index contributed by atoms with van der Waals surface area (Å²) in [5.41, 5.74) is 3.58. The molecule has 0 saturated heterocycles. The number of para-hydroxylation sites is 1. The van der Waals surface area contributed by atoms with Crippen molar-refractivity contribution < 1.29 is 9.90 Å². The fourth-order valence-electron chi connectivity index (χ4n) is 2.33. The summed E-state index contributed by atoms with van der Waals surface area (Å²) in [6.45, 7) is 5.70. The van der Waals surface area contributed by atoms with Crippen LogP contribution in [0.1, 0.15) is 43.6 Å². The Kier molecular flexibility index (Phi) is 5.27. The molecule has 2 rings (SSSR count). The van der Waals surface area contributed by atoms with Crippen LogP contribution >= 0.6 is 0 Å². The number of anilines is 1. The van der Waals surface area contributed by atoms with Gasteiger partial charge in [-0.15, -0.1) is 5.10 Å². The second kappa shape index (κ2) is 7.17. The lowest BCUT2D eigenvalue weighted by molar-refractivity contribution is -0.119. The Hall–Kier alpha value is -2.21. The molecule has 118 valence electrons. The third-order valence-corrected chi connectivity index (χ3v) is 3.74. The molecule has 0 aliphatic rings. The molecule has 0 radical (unpaired) electrons. The monoisotopic (exact) mass is 302 g/mol. The summed E-state index contributed by atoms with van der Waals surface area (Å²) >= 11 is 0. The van der Waals surface area contributed by atoms with E-state index in [2.05, 4.69) is 29.5 Å². The van der Waals surface area contributed by atoms with E-state index in [9.17, 15) is 4.79 Å². The first-order chi connectivity index (χ1) is 10.6. The highest BCUT2D eigenvalue weighted by Crippen LogP contribution is 2.23. The molecule has 0 saturated carbocycles. The fourth-order valence-corrected chi connectivity index (χ4v) is 2.33. The number of rotatable bonds is 6. The molecule has 2 N–H and O–H groups in total. The molecule has 0 spiro atoms. The first-order valence-corrected chi connectivity index (χ1v) is 7.53. The minimum absolute atomic E-state index is 0.148. The smallest absolute Gasteiger partial charge is 0.249 e. The van der Waals surface area contributed by atoms with Crippen LogP contribution in [0.15, 0.2) is 24.4 Å². The number of nitrogens with one attached hydrogen (secondary N) is 1. The number of amides is 1. The molecule has 1 aromatic heterocycles. The van der Waals surface area contributed by atoms with E-state index in [1.54, 1.807) is 13.1 Å². The van der Waals surface area contributed by atoms with Crippen LogP contribution in [-0.2, 0) is 24.2 Å². The third kappa shape index (κ3) is 3.33. The van der Waals surface area contributed by atoms with E-state index >= 15 is 0 Å². The van der Waals surface area contributed by atoms with Gasteiger partial charge in [0, 0.05) is 5.69 Å². The van der Waals surface area contributed by atoms with Crippen molar-refractivity contribution in [2.45, 2.75) is 46.3 Å². The van der Waals surface area contributed by atoms with Crippen LogP contribution in [0.2, 0.25) is 0 Å². The van der Waals surface area contributed by atoms with Crippen molar-refractivity contribution in [1.29, 1.82) is 0 Å². The second-order valence-electron chi connectivity index (χ2n) is 5.17. The van der Waals surface area contributed by atoms with Crippen molar-refractivity contribution in [2.24, 2.45) is 0 Å². The second-order valence-corrected chi connectivity index (χ2v) is 5.17. The summed E-state index contributed by atoms with van der Waals surface area (Å²) in [4.78, 5) is 12.5. The van der Waals surface area contributed by atoms with E-state index in [4.69, 9.17) is 5.11 Å². The largest absolute Gasteiger partial charge is 0.390 e. The molecule has 0 aliphatic carbocycles. The molecule has 0 aliphatic heterocycles. The van der Waals surface area contributed by atoms with Crippen LogP contribution in [0.5, 0.6) is 0 Å². The zero-order chi connectivity index (χ0) is 16.1. The number of carbonyl (C=O) groups excluding carboxylic acids is 1. The Morgan fingerprint density at radius 1 is 1.32 bits per heavy atom. The maximum absolute atomic E-state index is 12.5. The zero-order valence-electron chi connectivity index (χ0n) is 13.2. The van der Waals surface area contributed by atoms with Gasteiger partial charge in [-0.05, 0) is 30.9 Å². The first-order valence-electron chi connectivity index (χ1n) is 7.53. The van der Waals surface area contributed by atoms with E-state index in [0.717, 1.165) is 29.7 Å². The van der Waals surface area contributed by atoms with Crippen molar-refractivity contribution in [3.63, 3.8) is 0 Å². The number of aliphatic hydroxyl groups is 1. The molecular weight excluding hydrogens is 280 g/mol. The number of carbonyl (C=O) groups is 1. The maximum Gasteiger partial charge on any atom is 0.249 e. The number of hydrogen-bond donors (Lipinski definition) is 2. The van der Waals surface area contributed by atoms with Gasteiger partial charge in [0.2, 0.25) is 5.91 Å². The van der Waals surface area contributed by atoms with Gasteiger partial charge in [-0.3, -0.25) is 4.79 Å². The molecule has 0 fully saturated rings. The lowest BCUT2D eigenvalue weighted by Crippen LogP contribution is -2.25. The Bertz CT molecular complexity index is 629. The van der Waals surface area contributed by atoms with E-state index in [1.165, 1.54) is 4.68 Å². The van der Waals surface area contributed by atoms with Gasteiger partial charge in [0.15, 0.2) is 0 Å². The summed E-state index contributed by atoms with van der Waals surface area (Å²) in [5, 5.41) is 19.7. The molecule has 0 bridgehead atoms. The van der Waals surface area contributed by atoms with Crippen LogP contribution in [-0.4, -0.2) is 26.0 Å². The standard InChI is InChI=1S/C16H22N4O2/c1-4-12-7-6-8-13(5-2)15(12)17-16(22)11(3)20-9-14(10-21)18-19-20/h6-9,11,21H,4-5,10H2,1-3H3,(H,17,22). The molecule has 1 amide bonds. The number of hydrogen-bond acceptors (Lipinski definition) is 4. The summed E-state index contributed by atoms with van der Waals surface area (Å²) in [7, 11) is 0. The summed E-state index contributed by atoms with van der Waals surface area (Å²) < 4.78 is 1.46. The van der Waals surface area contributed by atoms with Crippen LogP contribution in [0.25, 0.3) is 0 Å². The molecule has 22 heavy (non-hydrogen) atoms. The highest BCUT2D eigenvalue weighted by Gasteiger charge is 2.19. The van der Waals surface area contributed by atoms with Gasteiger partial charge in [0.05, 0.1) is 12.8 Å². The average Bonchev–Trinajstić information content (AvgIpc) is 3.03. The summed E-state index contributed by atoms with van der Waals surface area (Å²) in [6, 6.07) is 5.57. The van der Waals surface area contributed by atoms with Gasteiger partial charge < -0.3 is 10.4 Å². The Morgan fingerprint density at radius 2 is 1.95 bits per heavy atom. The van der Waals surface area contributed by atoms with Gasteiger partial charge >= 0.3 is 0 Å². The van der Waals surface area contributed by atoms with Crippen molar-refractivity contribution in [3.05, 3.63) is 41.2 Å². The van der Waals surface area contributed by atoms with Crippen LogP contribution in [0.3, 0.4) is 0 Å². The minimum atomic E-state index is -0.498. The quantitative estimate of drug-likeness (QED) is 0.856. The number of aliphatic hydroxyl groups excluding tert-OH is 1. The topological polar surface area (TPSA) is 80.0 Å². The zero-order valence-corrected chi connectivity index (χ0v) is 13.2. The number of nitrogens with zero attached hydrogens (tertiary/aromatic N) is 3. The fraction of sp³-hybridized carbons (Fsp3) is 0.438. The Labute approximate surface area is 130 Å². The van der Waals surface area contributed by atoms with Crippen LogP contribution in [0.4, 0.5) is 5.69 Å². The molecule has 1 atom stereocenters. The van der Waals surface area contributed by atoms with Crippen molar-refractivity contribution in [1.82, 2.24) is 15.0 Å². The van der Waals surface area contributed by atoms with Gasteiger partial charge in [-0.25, -0.2) is 4.68 Å². The Morgan fingerprint density at radius 3 is 2.45 bits per heavy atom. The summed E-state index contributed by atoms with van der Waals surface area (Å²) in [5.74, 6) is -0.148. The van der Waals surface area contributed by atoms with Gasteiger partial charge in [-0.2, -0.15) is 0 Å². The van der Waals surface area contributed by atoms with Gasteiger partial charge in [-0.1, -0.05) is 37.3 Å². The van der Waals surface area contributed by atoms with E-state index in [-0.39, 0.29) is 12.5 Å². The van der Waals surface area contributed by atoms with Crippen LogP contribution < -0.4 is 5.32 Å². The normalized spacial score (nSPS) is 12.2. The molecule has 2 aromatic rings. The molecule has 6 nitrogen and oxygen atoms in total. The summed E-state index contributed by atoms with van der Waals surface area (Å²) in [6.07, 6.45) is 3.29. The highest BCUT2D eigenvalue weighted by molar-refractivity contribution is 5.94. The number of aromatic nitrogens is 3. The van der Waals surface area contributed by atoms with Crippen molar-refractivity contribution in [2.75, 3.05) is 5.32 Å². The van der Waals surface area contributed by atoms with Crippen molar-refractivity contribution >= 4 is 11.6 Å². The Balaban J connectivity index is 2.21. The predicted octanol–water partition coefficient (Wildman–Crippen LogP) is 2.09. The third-order valence-electron chi connectivity index (χ3n) is 3.74. The SMILES string of the molecule is CCc1cccc(CC)c1NC(=O)C(C)n1cc(CO)nn1. The van der Waals surface area contributed by atoms with Crippen LogP contribution in [0, 0.1) is 0 Å². The van der Waals surface area contributed by atoms with E-state index in [1.807, 2.05) is 18.2 Å². The molecule has 6 heteroatoms. The first kappa shape index (κ1) is 16.2. The molecule has 1 aromatic carbocycles. The maximum atomic E-state index is 12.5. The average molecular weight is 302 g/mol. The molecule has 1 unspecified atom stereocenters. The van der Waals surface area contributed by atoms with Gasteiger partial charge in [0.25, 0.3) is 0 Å². The predicted molar refractivity (Wildman–Crippen MR) is 84.5 cm³/mol. The lowest BCUT2D eigenvalue weighted by atomic mass is 10.0. The van der Waals surface area contributed by atoms with E-state index in [0.29, 0.717) is 5.69 Å². The number of benzene rings is 1. The minimum Gasteiger partial charge on any atom is -0.390 e. The lowest BCUT2D eigenvalue weighted by Gasteiger charge is -2.17. The number of aryl methyl sites for hydroxylation is 2. The van der Waals surface area contributed by atoms with Gasteiger partial charge in [0.1, 0.15) is 11.7 Å². The molecular formula is C16H22N4O2. The van der Waals surface area contributed by atoms with Crippen molar-refractivity contribution in [3.8, 4) is 0 Å². The van der Waals surface area contributed by atoms with E-state index < -0.39 is 6.04 Å². The molecule has 1 heterocycles. The highest BCUT2D eigenvalue weighted by atomic mass is 16.3.